The molecule has 1 aromatic carbocycles. The molecular formula is C14H11Cl2N3. The smallest absolute Gasteiger partial charge is 0.161 e. The highest BCUT2D eigenvalue weighted by Crippen LogP contribution is 2.19. The van der Waals surface area contributed by atoms with Crippen LogP contribution in [0.25, 0.3) is 0 Å². The second-order valence-electron chi connectivity index (χ2n) is 4.09. The van der Waals surface area contributed by atoms with Crippen molar-refractivity contribution in [1.29, 1.82) is 5.26 Å². The number of benzene rings is 1. The number of hydrogen-bond donors (Lipinski definition) is 0. The standard InChI is InChI=1S/C14H11Cl2N3/c1-19(9-10-2-4-11(15)5-3-10)14-7-6-12(16)13(8-17)18-14/h2-7H,9H2,1H3. The van der Waals surface area contributed by atoms with E-state index < -0.39 is 0 Å². The normalized spacial score (nSPS) is 10.0. The van der Waals surface area contributed by atoms with Crippen molar-refractivity contribution in [3.63, 3.8) is 0 Å². The molecule has 1 aromatic heterocycles. The van der Waals surface area contributed by atoms with Crippen LogP contribution in [0.15, 0.2) is 36.4 Å². The molecule has 0 amide bonds. The topological polar surface area (TPSA) is 39.9 Å². The summed E-state index contributed by atoms with van der Waals surface area (Å²) in [6.45, 7) is 0.677. The summed E-state index contributed by atoms with van der Waals surface area (Å²) in [6.07, 6.45) is 0. The van der Waals surface area contributed by atoms with Gasteiger partial charge in [0.1, 0.15) is 11.9 Å². The molecular weight excluding hydrogens is 281 g/mol. The first-order chi connectivity index (χ1) is 9.10. The fourth-order valence-electron chi connectivity index (χ4n) is 1.67. The lowest BCUT2D eigenvalue weighted by Gasteiger charge is -2.18. The summed E-state index contributed by atoms with van der Waals surface area (Å²) in [4.78, 5) is 6.16. The van der Waals surface area contributed by atoms with Gasteiger partial charge in [-0.15, -0.1) is 0 Å². The first kappa shape index (κ1) is 13.7. The molecule has 0 unspecified atom stereocenters. The molecule has 0 bridgehead atoms. The van der Waals surface area contributed by atoms with Crippen molar-refractivity contribution in [2.45, 2.75) is 6.54 Å². The zero-order valence-corrected chi connectivity index (χ0v) is 11.8. The average Bonchev–Trinajstić information content (AvgIpc) is 2.42. The predicted octanol–water partition coefficient (Wildman–Crippen LogP) is 3.90. The van der Waals surface area contributed by atoms with Gasteiger partial charge in [-0.2, -0.15) is 5.26 Å². The van der Waals surface area contributed by atoms with Crippen LogP contribution in [0.1, 0.15) is 11.3 Å². The van der Waals surface area contributed by atoms with Gasteiger partial charge < -0.3 is 4.90 Å². The second kappa shape index (κ2) is 5.92. The van der Waals surface area contributed by atoms with Gasteiger partial charge in [0.05, 0.1) is 5.02 Å². The lowest BCUT2D eigenvalue weighted by molar-refractivity contribution is 0.896. The van der Waals surface area contributed by atoms with E-state index in [0.29, 0.717) is 22.4 Å². The Morgan fingerprint density at radius 3 is 2.47 bits per heavy atom. The van der Waals surface area contributed by atoms with Gasteiger partial charge in [0.2, 0.25) is 0 Å². The van der Waals surface area contributed by atoms with E-state index in [1.807, 2.05) is 42.3 Å². The number of nitriles is 1. The van der Waals surface area contributed by atoms with Gasteiger partial charge >= 0.3 is 0 Å². The second-order valence-corrected chi connectivity index (χ2v) is 4.94. The molecule has 0 fully saturated rings. The van der Waals surface area contributed by atoms with Crippen LogP contribution in [0.5, 0.6) is 0 Å². The Bertz CT molecular complexity index is 618. The van der Waals surface area contributed by atoms with E-state index in [4.69, 9.17) is 28.5 Å². The molecule has 0 saturated carbocycles. The van der Waals surface area contributed by atoms with Crippen LogP contribution < -0.4 is 4.90 Å². The van der Waals surface area contributed by atoms with Crippen LogP contribution in [0, 0.1) is 11.3 Å². The Morgan fingerprint density at radius 2 is 1.84 bits per heavy atom. The first-order valence-electron chi connectivity index (χ1n) is 5.62. The maximum Gasteiger partial charge on any atom is 0.161 e. The highest BCUT2D eigenvalue weighted by molar-refractivity contribution is 6.31. The maximum absolute atomic E-state index is 8.91. The molecule has 0 spiro atoms. The summed E-state index contributed by atoms with van der Waals surface area (Å²) in [5.41, 5.74) is 1.35. The lowest BCUT2D eigenvalue weighted by atomic mass is 10.2. The van der Waals surface area contributed by atoms with Crippen molar-refractivity contribution in [2.75, 3.05) is 11.9 Å². The summed E-state index contributed by atoms with van der Waals surface area (Å²) >= 11 is 11.7. The van der Waals surface area contributed by atoms with E-state index in [1.165, 1.54) is 0 Å². The van der Waals surface area contributed by atoms with Gasteiger partial charge in [-0.3, -0.25) is 0 Å². The van der Waals surface area contributed by atoms with Crippen LogP contribution in [-0.2, 0) is 6.54 Å². The summed E-state index contributed by atoms with van der Waals surface area (Å²) in [5, 5.41) is 9.99. The third-order valence-electron chi connectivity index (χ3n) is 2.66. The molecule has 0 aliphatic rings. The molecule has 1 heterocycles. The van der Waals surface area contributed by atoms with Crippen molar-refractivity contribution < 1.29 is 0 Å². The van der Waals surface area contributed by atoms with Gasteiger partial charge in [0.25, 0.3) is 0 Å². The van der Waals surface area contributed by atoms with Crippen molar-refractivity contribution in [3.8, 4) is 6.07 Å². The summed E-state index contributed by atoms with van der Waals surface area (Å²) in [6, 6.07) is 13.1. The Morgan fingerprint density at radius 1 is 1.16 bits per heavy atom. The molecule has 0 N–H and O–H groups in total. The zero-order chi connectivity index (χ0) is 13.8. The van der Waals surface area contributed by atoms with Crippen LogP contribution >= 0.6 is 23.2 Å². The molecule has 0 atom stereocenters. The highest BCUT2D eigenvalue weighted by atomic mass is 35.5. The predicted molar refractivity (Wildman–Crippen MR) is 77.5 cm³/mol. The Balaban J connectivity index is 2.18. The molecule has 5 heteroatoms. The third-order valence-corrected chi connectivity index (χ3v) is 3.22. The van der Waals surface area contributed by atoms with Crippen LogP contribution in [0.4, 0.5) is 5.82 Å². The van der Waals surface area contributed by atoms with Gasteiger partial charge in [-0.05, 0) is 29.8 Å². The summed E-state index contributed by atoms with van der Waals surface area (Å²) in [5.74, 6) is 0.705. The Labute approximate surface area is 122 Å². The maximum atomic E-state index is 8.91. The molecule has 0 aliphatic heterocycles. The average molecular weight is 292 g/mol. The summed E-state index contributed by atoms with van der Waals surface area (Å²) in [7, 11) is 1.91. The van der Waals surface area contributed by atoms with E-state index >= 15 is 0 Å². The molecule has 96 valence electrons. The quantitative estimate of drug-likeness (QED) is 0.861. The van der Waals surface area contributed by atoms with Crippen LogP contribution in [0.2, 0.25) is 10.0 Å². The van der Waals surface area contributed by atoms with E-state index in [0.717, 1.165) is 5.56 Å². The molecule has 0 aliphatic carbocycles. The van der Waals surface area contributed by atoms with Crippen LogP contribution in [-0.4, -0.2) is 12.0 Å². The van der Waals surface area contributed by atoms with Crippen LogP contribution in [0.3, 0.4) is 0 Å². The number of anilines is 1. The molecule has 3 nitrogen and oxygen atoms in total. The molecule has 19 heavy (non-hydrogen) atoms. The van der Waals surface area contributed by atoms with E-state index in [-0.39, 0.29) is 5.69 Å². The monoisotopic (exact) mass is 291 g/mol. The van der Waals surface area contributed by atoms with Crippen molar-refractivity contribution in [2.24, 2.45) is 0 Å². The molecule has 0 saturated heterocycles. The molecule has 2 rings (SSSR count). The van der Waals surface area contributed by atoms with Gasteiger partial charge in [0, 0.05) is 18.6 Å². The summed E-state index contributed by atoms with van der Waals surface area (Å²) < 4.78 is 0. The fraction of sp³-hybridized carbons (Fsp3) is 0.143. The van der Waals surface area contributed by atoms with Crippen molar-refractivity contribution in [1.82, 2.24) is 4.98 Å². The van der Waals surface area contributed by atoms with Crippen molar-refractivity contribution >= 4 is 29.0 Å². The minimum atomic E-state index is 0.238. The number of hydrogen-bond acceptors (Lipinski definition) is 3. The highest BCUT2D eigenvalue weighted by Gasteiger charge is 2.07. The number of rotatable bonds is 3. The molecule has 0 radical (unpaired) electrons. The SMILES string of the molecule is CN(Cc1ccc(Cl)cc1)c1ccc(Cl)c(C#N)n1. The van der Waals surface area contributed by atoms with Gasteiger partial charge in [0.15, 0.2) is 5.69 Å². The van der Waals surface area contributed by atoms with E-state index in [9.17, 15) is 0 Å². The number of nitrogens with zero attached hydrogens (tertiary/aromatic N) is 3. The zero-order valence-electron chi connectivity index (χ0n) is 10.3. The van der Waals surface area contributed by atoms with Gasteiger partial charge in [-0.25, -0.2) is 4.98 Å². The molecule has 2 aromatic rings. The Hall–Kier alpha value is -1.76. The third kappa shape index (κ3) is 3.37. The van der Waals surface area contributed by atoms with E-state index in [2.05, 4.69) is 4.98 Å². The number of pyridine rings is 1. The number of halogens is 2. The minimum absolute atomic E-state index is 0.238. The number of aromatic nitrogens is 1. The van der Waals surface area contributed by atoms with Gasteiger partial charge in [-0.1, -0.05) is 35.3 Å². The van der Waals surface area contributed by atoms with Crippen molar-refractivity contribution in [3.05, 3.63) is 57.7 Å². The largest absolute Gasteiger partial charge is 0.355 e. The van der Waals surface area contributed by atoms with E-state index in [1.54, 1.807) is 12.1 Å². The fourth-order valence-corrected chi connectivity index (χ4v) is 1.94. The lowest BCUT2D eigenvalue weighted by Crippen LogP contribution is -2.17. The minimum Gasteiger partial charge on any atom is -0.355 e. The Kier molecular flexibility index (Phi) is 4.26. The first-order valence-corrected chi connectivity index (χ1v) is 6.38.